The summed E-state index contributed by atoms with van der Waals surface area (Å²) in [5.41, 5.74) is 2.16. The summed E-state index contributed by atoms with van der Waals surface area (Å²) in [6, 6.07) is 14.6. The van der Waals surface area contributed by atoms with Crippen molar-refractivity contribution in [3.8, 4) is 0 Å². The second kappa shape index (κ2) is 9.04. The first-order valence-corrected chi connectivity index (χ1v) is 9.20. The molecular formula is C21H27BN2O4. The molecule has 0 fully saturated rings. The maximum Gasteiger partial charge on any atom is 0.475 e. The molecule has 2 amide bonds. The molecule has 0 aliphatic heterocycles. The van der Waals surface area contributed by atoms with E-state index in [1.54, 1.807) is 26.0 Å². The number of hydrogen-bond donors (Lipinski definition) is 4. The molecule has 0 saturated carbocycles. The van der Waals surface area contributed by atoms with Crippen LogP contribution in [0.25, 0.3) is 0 Å². The van der Waals surface area contributed by atoms with Gasteiger partial charge in [0.05, 0.1) is 5.94 Å². The highest BCUT2D eigenvalue weighted by Crippen LogP contribution is 2.11. The lowest BCUT2D eigenvalue weighted by atomic mass is 9.75. The first-order chi connectivity index (χ1) is 13.1. The minimum Gasteiger partial charge on any atom is -0.426 e. The molecule has 2 rings (SSSR count). The number of carbonyl (C=O) groups excluding carboxylic acids is 2. The summed E-state index contributed by atoms with van der Waals surface area (Å²) in [6.07, 6.45) is 0.257. The summed E-state index contributed by atoms with van der Waals surface area (Å²) in [5, 5.41) is 24.7. The zero-order chi connectivity index (χ0) is 20.9. The van der Waals surface area contributed by atoms with Gasteiger partial charge in [0, 0.05) is 5.56 Å². The molecule has 0 saturated heterocycles. The van der Waals surface area contributed by atoms with E-state index in [-0.39, 0.29) is 12.3 Å². The van der Waals surface area contributed by atoms with Crippen molar-refractivity contribution in [1.82, 2.24) is 10.6 Å². The van der Waals surface area contributed by atoms with Gasteiger partial charge in [0.1, 0.15) is 5.54 Å². The summed E-state index contributed by atoms with van der Waals surface area (Å²) in [7, 11) is -1.73. The molecule has 4 N–H and O–H groups in total. The number of aryl methyl sites for hydroxylation is 2. The topological polar surface area (TPSA) is 98.7 Å². The summed E-state index contributed by atoms with van der Waals surface area (Å²) in [4.78, 5) is 25.1. The maximum atomic E-state index is 12.7. The molecule has 0 radical (unpaired) electrons. The third-order valence-corrected chi connectivity index (χ3v) is 4.52. The number of benzene rings is 2. The molecule has 0 aliphatic carbocycles. The van der Waals surface area contributed by atoms with Crippen LogP contribution in [0.2, 0.25) is 0 Å². The van der Waals surface area contributed by atoms with Gasteiger partial charge in [-0.2, -0.15) is 0 Å². The second-order valence-corrected chi connectivity index (χ2v) is 7.63. The summed E-state index contributed by atoms with van der Waals surface area (Å²) in [5.74, 6) is -1.77. The first kappa shape index (κ1) is 21.7. The number of nitrogens with one attached hydrogen (secondary N) is 2. The lowest BCUT2D eigenvalue weighted by Gasteiger charge is -2.28. The summed E-state index contributed by atoms with van der Waals surface area (Å²) >= 11 is 0. The zero-order valence-corrected chi connectivity index (χ0v) is 16.7. The van der Waals surface area contributed by atoms with Crippen molar-refractivity contribution in [1.29, 1.82) is 0 Å². The fourth-order valence-corrected chi connectivity index (χ4v) is 2.79. The van der Waals surface area contributed by atoms with Crippen LogP contribution in [-0.4, -0.2) is 40.5 Å². The van der Waals surface area contributed by atoms with Crippen molar-refractivity contribution in [2.24, 2.45) is 0 Å². The Kier molecular flexibility index (Phi) is 6.99. The Morgan fingerprint density at radius 2 is 1.68 bits per heavy atom. The Morgan fingerprint density at radius 1 is 1.04 bits per heavy atom. The van der Waals surface area contributed by atoms with Gasteiger partial charge in [0.25, 0.3) is 5.91 Å². The Bertz CT molecular complexity index is 835. The predicted octanol–water partition coefficient (Wildman–Crippen LogP) is 1.55. The Labute approximate surface area is 166 Å². The van der Waals surface area contributed by atoms with Gasteiger partial charge >= 0.3 is 7.12 Å². The van der Waals surface area contributed by atoms with Crippen LogP contribution in [0.3, 0.4) is 0 Å². The maximum absolute atomic E-state index is 12.7. The molecule has 0 heterocycles. The van der Waals surface area contributed by atoms with Crippen LogP contribution in [0.1, 0.15) is 40.9 Å². The fourth-order valence-electron chi connectivity index (χ4n) is 2.79. The van der Waals surface area contributed by atoms with Gasteiger partial charge in [-0.1, -0.05) is 47.5 Å². The smallest absolute Gasteiger partial charge is 0.426 e. The average Bonchev–Trinajstić information content (AvgIpc) is 2.61. The molecular weight excluding hydrogens is 355 g/mol. The zero-order valence-electron chi connectivity index (χ0n) is 16.7. The fraction of sp³-hybridized carbons (Fsp3) is 0.333. The van der Waals surface area contributed by atoms with Crippen molar-refractivity contribution in [2.75, 3.05) is 0 Å². The van der Waals surface area contributed by atoms with E-state index in [0.717, 1.165) is 16.7 Å². The van der Waals surface area contributed by atoms with Gasteiger partial charge in [-0.15, -0.1) is 0 Å². The highest BCUT2D eigenvalue weighted by Gasteiger charge is 2.34. The molecule has 0 aromatic heterocycles. The largest absolute Gasteiger partial charge is 0.475 e. The second-order valence-electron chi connectivity index (χ2n) is 7.63. The van der Waals surface area contributed by atoms with E-state index in [1.165, 1.54) is 0 Å². The Morgan fingerprint density at radius 3 is 2.25 bits per heavy atom. The number of rotatable bonds is 7. The van der Waals surface area contributed by atoms with Gasteiger partial charge in [-0.05, 0) is 51.8 Å². The van der Waals surface area contributed by atoms with Crippen molar-refractivity contribution in [3.63, 3.8) is 0 Å². The quantitative estimate of drug-likeness (QED) is 0.546. The van der Waals surface area contributed by atoms with E-state index in [9.17, 15) is 19.6 Å². The molecule has 2 aromatic rings. The molecule has 0 bridgehead atoms. The standard InChI is InChI=1S/C21H27BN2O4/c1-14-8-10-17(11-9-14)19(25)24-21(3,4)20(26)23-18(22(27)28)13-16-7-5-6-15(2)12-16/h5-12,18,27-28H,13H2,1-4H3,(H,23,26)(H,24,25)/t18-/m0/s1. The van der Waals surface area contributed by atoms with E-state index in [1.807, 2.05) is 50.2 Å². The molecule has 1 atom stereocenters. The number of hydrogen-bond acceptors (Lipinski definition) is 4. The van der Waals surface area contributed by atoms with Gasteiger partial charge in [0.2, 0.25) is 5.91 Å². The SMILES string of the molecule is Cc1ccc(C(=O)NC(C)(C)C(=O)N[C@@H](Cc2cccc(C)c2)B(O)O)cc1. The monoisotopic (exact) mass is 382 g/mol. The normalized spacial score (nSPS) is 12.2. The van der Waals surface area contributed by atoms with Gasteiger partial charge in [-0.25, -0.2) is 0 Å². The van der Waals surface area contributed by atoms with E-state index in [4.69, 9.17) is 0 Å². The predicted molar refractivity (Wildman–Crippen MR) is 110 cm³/mol. The van der Waals surface area contributed by atoms with Crippen molar-refractivity contribution < 1.29 is 19.6 Å². The molecule has 7 heteroatoms. The van der Waals surface area contributed by atoms with Crippen LogP contribution < -0.4 is 10.6 Å². The minimum atomic E-state index is -1.73. The third-order valence-electron chi connectivity index (χ3n) is 4.52. The van der Waals surface area contributed by atoms with Crippen LogP contribution in [0, 0.1) is 13.8 Å². The highest BCUT2D eigenvalue weighted by molar-refractivity contribution is 6.43. The van der Waals surface area contributed by atoms with E-state index in [2.05, 4.69) is 10.6 Å². The average molecular weight is 382 g/mol. The van der Waals surface area contributed by atoms with Gasteiger partial charge < -0.3 is 20.7 Å². The molecule has 0 aliphatic rings. The van der Waals surface area contributed by atoms with Crippen molar-refractivity contribution in [3.05, 3.63) is 70.8 Å². The molecule has 28 heavy (non-hydrogen) atoms. The molecule has 0 spiro atoms. The van der Waals surface area contributed by atoms with E-state index in [0.29, 0.717) is 5.56 Å². The van der Waals surface area contributed by atoms with Crippen LogP contribution in [0.15, 0.2) is 48.5 Å². The van der Waals surface area contributed by atoms with Gasteiger partial charge in [-0.3, -0.25) is 9.59 Å². The molecule has 148 valence electrons. The first-order valence-electron chi connectivity index (χ1n) is 9.20. The Balaban J connectivity index is 2.06. The lowest BCUT2D eigenvalue weighted by molar-refractivity contribution is -0.126. The highest BCUT2D eigenvalue weighted by atomic mass is 16.4. The summed E-state index contributed by atoms with van der Waals surface area (Å²) in [6.45, 7) is 7.01. The van der Waals surface area contributed by atoms with Crippen LogP contribution in [0.5, 0.6) is 0 Å². The van der Waals surface area contributed by atoms with Crippen LogP contribution in [0.4, 0.5) is 0 Å². The molecule has 6 nitrogen and oxygen atoms in total. The molecule has 0 unspecified atom stereocenters. The lowest BCUT2D eigenvalue weighted by Crippen LogP contribution is -2.59. The van der Waals surface area contributed by atoms with E-state index < -0.39 is 24.5 Å². The van der Waals surface area contributed by atoms with E-state index >= 15 is 0 Å². The van der Waals surface area contributed by atoms with Crippen LogP contribution >= 0.6 is 0 Å². The van der Waals surface area contributed by atoms with Crippen LogP contribution in [-0.2, 0) is 11.2 Å². The van der Waals surface area contributed by atoms with Crippen molar-refractivity contribution in [2.45, 2.75) is 45.6 Å². The number of carbonyl (C=O) groups is 2. The summed E-state index contributed by atoms with van der Waals surface area (Å²) < 4.78 is 0. The minimum absolute atomic E-state index is 0.257. The Hall–Kier alpha value is -2.64. The molecule has 2 aromatic carbocycles. The third kappa shape index (κ3) is 5.94. The van der Waals surface area contributed by atoms with Gasteiger partial charge in [0.15, 0.2) is 0 Å². The van der Waals surface area contributed by atoms with Crippen molar-refractivity contribution >= 4 is 18.9 Å². The number of amides is 2.